The number of hydrogen-bond donors (Lipinski definition) is 1. The highest BCUT2D eigenvalue weighted by Gasteiger charge is 2.15. The van der Waals surface area contributed by atoms with Crippen LogP contribution in [-0.2, 0) is 6.54 Å². The molecule has 0 aliphatic heterocycles. The van der Waals surface area contributed by atoms with E-state index in [-0.39, 0.29) is 12.5 Å². The molecule has 0 aliphatic rings. The Balaban J connectivity index is 1.45. The van der Waals surface area contributed by atoms with Crippen molar-refractivity contribution >= 4 is 29.0 Å². The van der Waals surface area contributed by atoms with Crippen molar-refractivity contribution < 1.29 is 9.21 Å². The lowest BCUT2D eigenvalue weighted by atomic mass is 10.1. The van der Waals surface area contributed by atoms with Crippen LogP contribution in [0.5, 0.6) is 0 Å². The number of nitrogens with one attached hydrogen (secondary N) is 1. The largest absolute Gasteiger partial charge is 0.443 e. The molecule has 0 radical (unpaired) electrons. The number of oxazole rings is 1. The molecular formula is C22H19N3O2S2. The Morgan fingerprint density at radius 2 is 2.07 bits per heavy atom. The average Bonchev–Trinajstić information content (AvgIpc) is 3.41. The van der Waals surface area contributed by atoms with Crippen LogP contribution in [0.4, 0.5) is 0 Å². The van der Waals surface area contributed by atoms with Crippen LogP contribution in [0, 0.1) is 13.8 Å². The summed E-state index contributed by atoms with van der Waals surface area (Å²) in [7, 11) is 0. The first-order chi connectivity index (χ1) is 14.1. The van der Waals surface area contributed by atoms with Gasteiger partial charge in [-0.1, -0.05) is 23.9 Å². The third-order valence-corrected chi connectivity index (χ3v) is 6.29. The SMILES string of the molecule is Cc1ccc(Sc2ncccc2C(=O)NCc2coc(-c3cccs3)n2)cc1C. The molecule has 0 bridgehead atoms. The Bertz CT molecular complexity index is 1140. The summed E-state index contributed by atoms with van der Waals surface area (Å²) in [5, 5.41) is 5.55. The summed E-state index contributed by atoms with van der Waals surface area (Å²) in [5.41, 5.74) is 3.67. The van der Waals surface area contributed by atoms with E-state index in [1.807, 2.05) is 23.6 Å². The quantitative estimate of drug-likeness (QED) is 0.445. The molecule has 0 atom stereocenters. The summed E-state index contributed by atoms with van der Waals surface area (Å²) in [6, 6.07) is 13.7. The predicted octanol–water partition coefficient (Wildman–Crippen LogP) is 5.50. The summed E-state index contributed by atoms with van der Waals surface area (Å²) in [6.45, 7) is 4.45. The highest BCUT2D eigenvalue weighted by atomic mass is 32.2. The monoisotopic (exact) mass is 421 g/mol. The van der Waals surface area contributed by atoms with Gasteiger partial charge in [0.05, 0.1) is 22.7 Å². The zero-order valence-electron chi connectivity index (χ0n) is 16.0. The second-order valence-corrected chi connectivity index (χ2v) is 8.52. The maximum absolute atomic E-state index is 12.8. The molecule has 0 saturated carbocycles. The Kier molecular flexibility index (Phi) is 5.78. The van der Waals surface area contributed by atoms with E-state index < -0.39 is 0 Å². The van der Waals surface area contributed by atoms with Gasteiger partial charge in [0.15, 0.2) is 0 Å². The number of benzene rings is 1. The molecular weight excluding hydrogens is 402 g/mol. The number of aryl methyl sites for hydroxylation is 2. The van der Waals surface area contributed by atoms with E-state index >= 15 is 0 Å². The lowest BCUT2D eigenvalue weighted by molar-refractivity contribution is 0.0947. The molecule has 3 heterocycles. The standard InChI is InChI=1S/C22H19N3O2S2/c1-14-7-8-17(11-15(14)2)29-22-18(5-3-9-23-22)20(26)24-12-16-13-27-21(25-16)19-6-4-10-28-19/h3-11,13H,12H2,1-2H3,(H,24,26). The van der Waals surface area contributed by atoms with E-state index in [4.69, 9.17) is 4.42 Å². The molecule has 1 N–H and O–H groups in total. The summed E-state index contributed by atoms with van der Waals surface area (Å²) in [6.07, 6.45) is 3.27. The maximum atomic E-state index is 12.8. The van der Waals surface area contributed by atoms with Gasteiger partial charge in [0.25, 0.3) is 5.91 Å². The van der Waals surface area contributed by atoms with Crippen LogP contribution >= 0.6 is 23.1 Å². The van der Waals surface area contributed by atoms with Gasteiger partial charge < -0.3 is 9.73 Å². The van der Waals surface area contributed by atoms with Crippen molar-refractivity contribution in [3.63, 3.8) is 0 Å². The van der Waals surface area contributed by atoms with Crippen LogP contribution in [0.15, 0.2) is 74.6 Å². The number of pyridine rings is 1. The normalized spacial score (nSPS) is 10.8. The zero-order chi connectivity index (χ0) is 20.2. The topological polar surface area (TPSA) is 68.0 Å². The number of aromatic nitrogens is 2. The smallest absolute Gasteiger partial charge is 0.254 e. The third kappa shape index (κ3) is 4.58. The van der Waals surface area contributed by atoms with E-state index in [1.165, 1.54) is 22.9 Å². The Hall–Kier alpha value is -2.90. The van der Waals surface area contributed by atoms with Gasteiger partial charge >= 0.3 is 0 Å². The molecule has 4 rings (SSSR count). The van der Waals surface area contributed by atoms with Crippen LogP contribution in [0.3, 0.4) is 0 Å². The number of amides is 1. The molecule has 0 saturated heterocycles. The van der Waals surface area contributed by atoms with Gasteiger partial charge in [-0.25, -0.2) is 9.97 Å². The lowest BCUT2D eigenvalue weighted by Crippen LogP contribution is -2.23. The van der Waals surface area contributed by atoms with Crippen LogP contribution in [0.2, 0.25) is 0 Å². The summed E-state index contributed by atoms with van der Waals surface area (Å²) in [4.78, 5) is 23.6. The Labute approximate surface area is 177 Å². The molecule has 1 aromatic carbocycles. The van der Waals surface area contributed by atoms with Crippen molar-refractivity contribution in [2.45, 2.75) is 30.3 Å². The molecule has 0 spiro atoms. The van der Waals surface area contributed by atoms with Gasteiger partial charge in [-0.15, -0.1) is 11.3 Å². The minimum atomic E-state index is -0.190. The minimum Gasteiger partial charge on any atom is -0.443 e. The number of hydrogen-bond acceptors (Lipinski definition) is 6. The molecule has 0 fully saturated rings. The average molecular weight is 422 g/mol. The van der Waals surface area contributed by atoms with Crippen molar-refractivity contribution in [1.29, 1.82) is 0 Å². The Morgan fingerprint density at radius 1 is 1.17 bits per heavy atom. The molecule has 146 valence electrons. The minimum absolute atomic E-state index is 0.190. The second kappa shape index (κ2) is 8.63. The molecule has 3 aromatic heterocycles. The van der Waals surface area contributed by atoms with Crippen LogP contribution < -0.4 is 5.32 Å². The Morgan fingerprint density at radius 3 is 2.86 bits per heavy atom. The van der Waals surface area contributed by atoms with Gasteiger partial charge in [-0.3, -0.25) is 4.79 Å². The lowest BCUT2D eigenvalue weighted by Gasteiger charge is -2.09. The van der Waals surface area contributed by atoms with Crippen molar-refractivity contribution in [1.82, 2.24) is 15.3 Å². The van der Waals surface area contributed by atoms with E-state index in [0.717, 1.165) is 9.77 Å². The number of nitrogens with zero attached hydrogens (tertiary/aromatic N) is 2. The second-order valence-electron chi connectivity index (χ2n) is 6.51. The summed E-state index contributed by atoms with van der Waals surface area (Å²) >= 11 is 3.05. The highest BCUT2D eigenvalue weighted by molar-refractivity contribution is 7.99. The van der Waals surface area contributed by atoms with Crippen LogP contribution in [0.1, 0.15) is 27.2 Å². The van der Waals surface area contributed by atoms with Gasteiger partial charge in [-0.2, -0.15) is 0 Å². The first kappa shape index (κ1) is 19.4. The molecule has 29 heavy (non-hydrogen) atoms. The van der Waals surface area contributed by atoms with E-state index in [2.05, 4.69) is 41.3 Å². The number of carbonyl (C=O) groups is 1. The van der Waals surface area contributed by atoms with Gasteiger partial charge in [0.1, 0.15) is 11.3 Å². The fourth-order valence-electron chi connectivity index (χ4n) is 2.70. The van der Waals surface area contributed by atoms with Crippen LogP contribution in [0.25, 0.3) is 10.8 Å². The highest BCUT2D eigenvalue weighted by Crippen LogP contribution is 2.30. The van der Waals surface area contributed by atoms with Gasteiger partial charge in [-0.05, 0) is 60.7 Å². The number of rotatable bonds is 6. The first-order valence-electron chi connectivity index (χ1n) is 9.07. The fraction of sp³-hybridized carbons (Fsp3) is 0.136. The molecule has 4 aromatic rings. The fourth-order valence-corrected chi connectivity index (χ4v) is 4.34. The summed E-state index contributed by atoms with van der Waals surface area (Å²) < 4.78 is 5.50. The molecule has 1 amide bonds. The third-order valence-electron chi connectivity index (χ3n) is 4.42. The zero-order valence-corrected chi connectivity index (χ0v) is 17.6. The van der Waals surface area contributed by atoms with E-state index in [1.54, 1.807) is 35.9 Å². The van der Waals surface area contributed by atoms with Crippen molar-refractivity contribution in [3.05, 3.63) is 82.7 Å². The molecule has 0 aliphatic carbocycles. The van der Waals surface area contributed by atoms with Crippen molar-refractivity contribution in [2.75, 3.05) is 0 Å². The van der Waals surface area contributed by atoms with Gasteiger partial charge in [0, 0.05) is 11.1 Å². The maximum Gasteiger partial charge on any atom is 0.254 e. The molecule has 7 heteroatoms. The molecule has 0 unspecified atom stereocenters. The van der Waals surface area contributed by atoms with Crippen molar-refractivity contribution in [3.8, 4) is 10.8 Å². The van der Waals surface area contributed by atoms with E-state index in [9.17, 15) is 4.79 Å². The number of thiophene rings is 1. The van der Waals surface area contributed by atoms with Crippen molar-refractivity contribution in [2.24, 2.45) is 0 Å². The first-order valence-corrected chi connectivity index (χ1v) is 10.8. The predicted molar refractivity (Wildman–Crippen MR) is 115 cm³/mol. The number of carbonyl (C=O) groups excluding carboxylic acids is 1. The van der Waals surface area contributed by atoms with Crippen LogP contribution in [-0.4, -0.2) is 15.9 Å². The molecule has 5 nitrogen and oxygen atoms in total. The summed E-state index contributed by atoms with van der Waals surface area (Å²) in [5.74, 6) is 0.377. The van der Waals surface area contributed by atoms with Gasteiger partial charge in [0.2, 0.25) is 5.89 Å². The van der Waals surface area contributed by atoms with E-state index in [0.29, 0.717) is 22.2 Å².